The zero-order valence-electron chi connectivity index (χ0n) is 7.24. The lowest BCUT2D eigenvalue weighted by Crippen LogP contribution is -2.02. The number of rotatable bonds is 3. The minimum Gasteiger partial charge on any atom is -0.478 e. The van der Waals surface area contributed by atoms with E-state index in [9.17, 15) is 14.9 Å². The molecule has 0 amide bonds. The van der Waals surface area contributed by atoms with Crippen LogP contribution in [0.5, 0.6) is 0 Å². The monoisotopic (exact) mass is 293 g/mol. The number of hydrogen-bond acceptors (Lipinski definition) is 3. The minimum absolute atomic E-state index is 0.264. The highest BCUT2D eigenvalue weighted by molar-refractivity contribution is 9.08. The highest BCUT2D eigenvalue weighted by Gasteiger charge is 2.21. The van der Waals surface area contributed by atoms with E-state index in [4.69, 9.17) is 16.7 Å². The second-order valence-electron chi connectivity index (χ2n) is 2.67. The Balaban J connectivity index is 3.47. The Morgan fingerprint density at radius 3 is 2.60 bits per heavy atom. The van der Waals surface area contributed by atoms with Gasteiger partial charge in [0.2, 0.25) is 0 Å². The van der Waals surface area contributed by atoms with Gasteiger partial charge in [-0.25, -0.2) is 4.79 Å². The molecule has 80 valence electrons. The van der Waals surface area contributed by atoms with Crippen molar-refractivity contribution in [2.45, 2.75) is 5.33 Å². The SMILES string of the molecule is O=C(O)c1cc(CBr)cc([N+](=O)[O-])c1Cl. The van der Waals surface area contributed by atoms with Gasteiger partial charge in [0.05, 0.1) is 10.5 Å². The third-order valence-electron chi connectivity index (χ3n) is 1.69. The van der Waals surface area contributed by atoms with Crippen molar-refractivity contribution in [3.8, 4) is 0 Å². The Labute approximate surface area is 97.9 Å². The van der Waals surface area contributed by atoms with Crippen molar-refractivity contribution in [3.63, 3.8) is 0 Å². The van der Waals surface area contributed by atoms with Crippen molar-refractivity contribution >= 4 is 39.2 Å². The van der Waals surface area contributed by atoms with Crippen molar-refractivity contribution in [1.29, 1.82) is 0 Å². The number of hydrogen-bond donors (Lipinski definition) is 1. The number of carboxylic acids is 1. The number of carboxylic acid groups (broad SMARTS) is 1. The lowest BCUT2D eigenvalue weighted by Gasteiger charge is -2.02. The molecule has 1 rings (SSSR count). The average Bonchev–Trinajstić information content (AvgIpc) is 2.17. The molecule has 0 spiro atoms. The van der Waals surface area contributed by atoms with Crippen LogP contribution in [-0.2, 0) is 5.33 Å². The lowest BCUT2D eigenvalue weighted by atomic mass is 10.1. The van der Waals surface area contributed by atoms with Crippen LogP contribution in [0, 0.1) is 10.1 Å². The Bertz CT molecular complexity index is 400. The maximum absolute atomic E-state index is 10.7. The molecule has 7 heteroatoms. The molecule has 0 aliphatic heterocycles. The first-order valence-corrected chi connectivity index (χ1v) is 5.23. The van der Waals surface area contributed by atoms with Crippen LogP contribution in [0.25, 0.3) is 0 Å². The summed E-state index contributed by atoms with van der Waals surface area (Å²) in [4.78, 5) is 20.6. The van der Waals surface area contributed by atoms with Crippen LogP contribution in [0.2, 0.25) is 5.02 Å². The van der Waals surface area contributed by atoms with Crippen LogP contribution in [0.3, 0.4) is 0 Å². The summed E-state index contributed by atoms with van der Waals surface area (Å²) in [6, 6.07) is 2.54. The Kier molecular flexibility index (Phi) is 3.65. The molecule has 0 aliphatic rings. The summed E-state index contributed by atoms with van der Waals surface area (Å²) < 4.78 is 0. The van der Waals surface area contributed by atoms with E-state index in [2.05, 4.69) is 15.9 Å². The summed E-state index contributed by atoms with van der Waals surface area (Å²) in [5.74, 6) is -1.29. The fourth-order valence-electron chi connectivity index (χ4n) is 1.03. The maximum atomic E-state index is 10.7. The quantitative estimate of drug-likeness (QED) is 0.528. The molecule has 0 heterocycles. The summed E-state index contributed by atoms with van der Waals surface area (Å²) in [5.41, 5.74) is -0.171. The molecule has 5 nitrogen and oxygen atoms in total. The standard InChI is InChI=1S/C8H5BrClNO4/c9-3-4-1-5(8(12)13)7(10)6(2-4)11(14)15/h1-2H,3H2,(H,12,13). The molecule has 1 aromatic rings. The number of nitro benzene ring substituents is 1. The largest absolute Gasteiger partial charge is 0.478 e. The molecule has 1 N–H and O–H groups in total. The predicted molar refractivity (Wildman–Crippen MR) is 57.7 cm³/mol. The first-order valence-electron chi connectivity index (χ1n) is 3.73. The molecule has 15 heavy (non-hydrogen) atoms. The molecule has 0 unspecified atom stereocenters. The van der Waals surface area contributed by atoms with Gasteiger partial charge < -0.3 is 5.11 Å². The zero-order chi connectivity index (χ0) is 11.6. The van der Waals surface area contributed by atoms with Gasteiger partial charge in [0.1, 0.15) is 5.02 Å². The molecular formula is C8H5BrClNO4. The van der Waals surface area contributed by atoms with E-state index in [1.54, 1.807) is 0 Å². The fraction of sp³-hybridized carbons (Fsp3) is 0.125. The third-order valence-corrected chi connectivity index (χ3v) is 2.74. The fourth-order valence-corrected chi connectivity index (χ4v) is 1.62. The summed E-state index contributed by atoms with van der Waals surface area (Å²) in [7, 11) is 0. The normalized spacial score (nSPS) is 10.0. The van der Waals surface area contributed by atoms with E-state index >= 15 is 0 Å². The summed E-state index contributed by atoms with van der Waals surface area (Å²) >= 11 is 8.68. The molecular weight excluding hydrogens is 289 g/mol. The molecule has 0 saturated heterocycles. The predicted octanol–water partition coefficient (Wildman–Crippen LogP) is 2.84. The molecule has 0 saturated carbocycles. The second-order valence-corrected chi connectivity index (χ2v) is 3.61. The number of benzene rings is 1. The Morgan fingerprint density at radius 2 is 2.20 bits per heavy atom. The smallest absolute Gasteiger partial charge is 0.337 e. The third kappa shape index (κ3) is 2.45. The van der Waals surface area contributed by atoms with Gasteiger partial charge in [0.15, 0.2) is 0 Å². The van der Waals surface area contributed by atoms with Gasteiger partial charge in [-0.2, -0.15) is 0 Å². The summed E-state index contributed by atoms with van der Waals surface area (Å²) in [6.07, 6.45) is 0. The lowest BCUT2D eigenvalue weighted by molar-refractivity contribution is -0.384. The van der Waals surface area contributed by atoms with Gasteiger partial charge in [-0.3, -0.25) is 10.1 Å². The van der Waals surface area contributed by atoms with Crippen LogP contribution in [0.15, 0.2) is 12.1 Å². The number of nitrogens with zero attached hydrogens (tertiary/aromatic N) is 1. The van der Waals surface area contributed by atoms with Crippen LogP contribution >= 0.6 is 27.5 Å². The molecule has 0 bridgehead atoms. The van der Waals surface area contributed by atoms with Crippen LogP contribution in [0.1, 0.15) is 15.9 Å². The molecule has 0 radical (unpaired) electrons. The maximum Gasteiger partial charge on any atom is 0.337 e. The van der Waals surface area contributed by atoms with Crippen LogP contribution in [-0.4, -0.2) is 16.0 Å². The van der Waals surface area contributed by atoms with Gasteiger partial charge in [0, 0.05) is 11.4 Å². The van der Waals surface area contributed by atoms with Gasteiger partial charge in [0.25, 0.3) is 5.69 Å². The van der Waals surface area contributed by atoms with Crippen molar-refractivity contribution in [1.82, 2.24) is 0 Å². The van der Waals surface area contributed by atoms with E-state index in [1.807, 2.05) is 0 Å². The highest BCUT2D eigenvalue weighted by atomic mass is 79.9. The van der Waals surface area contributed by atoms with Crippen LogP contribution < -0.4 is 0 Å². The Hall–Kier alpha value is -1.14. The van der Waals surface area contributed by atoms with Crippen molar-refractivity contribution in [2.75, 3.05) is 0 Å². The van der Waals surface area contributed by atoms with Crippen LogP contribution in [0.4, 0.5) is 5.69 Å². The number of alkyl halides is 1. The number of carbonyl (C=O) groups is 1. The van der Waals surface area contributed by atoms with Gasteiger partial charge in [-0.05, 0) is 11.6 Å². The van der Waals surface area contributed by atoms with E-state index in [0.29, 0.717) is 10.9 Å². The summed E-state index contributed by atoms with van der Waals surface area (Å²) in [6.45, 7) is 0. The molecule has 0 atom stereocenters. The Morgan fingerprint density at radius 1 is 1.60 bits per heavy atom. The van der Waals surface area contributed by atoms with Gasteiger partial charge in [-0.15, -0.1) is 0 Å². The first kappa shape index (κ1) is 11.9. The zero-order valence-corrected chi connectivity index (χ0v) is 9.58. The van der Waals surface area contributed by atoms with Gasteiger partial charge >= 0.3 is 5.97 Å². The minimum atomic E-state index is -1.29. The van der Waals surface area contributed by atoms with Crippen molar-refractivity contribution in [3.05, 3.63) is 38.4 Å². The topological polar surface area (TPSA) is 80.4 Å². The highest BCUT2D eigenvalue weighted by Crippen LogP contribution is 2.30. The summed E-state index contributed by atoms with van der Waals surface area (Å²) in [5, 5.41) is 19.3. The van der Waals surface area contributed by atoms with Gasteiger partial charge in [-0.1, -0.05) is 27.5 Å². The van der Waals surface area contributed by atoms with Crippen molar-refractivity contribution in [2.24, 2.45) is 0 Å². The number of aromatic carboxylic acids is 1. The molecule has 0 fully saturated rings. The van der Waals surface area contributed by atoms with Crippen molar-refractivity contribution < 1.29 is 14.8 Å². The van der Waals surface area contributed by atoms with E-state index in [-0.39, 0.29) is 10.6 Å². The molecule has 0 aliphatic carbocycles. The van der Waals surface area contributed by atoms with E-state index < -0.39 is 16.6 Å². The molecule has 0 aromatic heterocycles. The first-order chi connectivity index (χ1) is 6.97. The number of nitro groups is 1. The van der Waals surface area contributed by atoms with E-state index in [0.717, 1.165) is 0 Å². The molecule has 1 aromatic carbocycles. The van der Waals surface area contributed by atoms with E-state index in [1.165, 1.54) is 12.1 Å². The number of halogens is 2. The average molecular weight is 294 g/mol. The second kappa shape index (κ2) is 4.59.